The summed E-state index contributed by atoms with van der Waals surface area (Å²) in [7, 11) is 0. The molecule has 3 rings (SSSR count). The smallest absolute Gasteiger partial charge is 0.181 e. The van der Waals surface area contributed by atoms with Crippen molar-refractivity contribution in [1.29, 1.82) is 0 Å². The lowest BCUT2D eigenvalue weighted by Gasteiger charge is -2.29. The van der Waals surface area contributed by atoms with Gasteiger partial charge in [0.05, 0.1) is 6.20 Å². The summed E-state index contributed by atoms with van der Waals surface area (Å²) in [5.74, 6) is 0.817. The number of piperazine rings is 1. The molecule has 2 aromatic rings. The van der Waals surface area contributed by atoms with Crippen molar-refractivity contribution in [1.82, 2.24) is 10.3 Å². The van der Waals surface area contributed by atoms with Gasteiger partial charge in [-0.25, -0.2) is 4.98 Å². The minimum absolute atomic E-state index is 0.817. The van der Waals surface area contributed by atoms with Crippen LogP contribution >= 0.6 is 0 Å². The van der Waals surface area contributed by atoms with Crippen LogP contribution in [0.1, 0.15) is 0 Å². The molecule has 1 N–H and O–H groups in total. The highest BCUT2D eigenvalue weighted by atomic mass is 16.3. The van der Waals surface area contributed by atoms with Gasteiger partial charge in [-0.15, -0.1) is 0 Å². The first-order valence-corrected chi connectivity index (χ1v) is 5.88. The van der Waals surface area contributed by atoms with Gasteiger partial charge in [-0.05, 0) is 24.3 Å². The van der Waals surface area contributed by atoms with Crippen LogP contribution in [0.4, 0.5) is 5.69 Å². The molecule has 0 radical (unpaired) electrons. The number of hydrogen-bond donors (Lipinski definition) is 1. The molecule has 1 fully saturated rings. The number of rotatable bonds is 2. The second kappa shape index (κ2) is 4.59. The molecule has 1 saturated heterocycles. The summed E-state index contributed by atoms with van der Waals surface area (Å²) < 4.78 is 5.27. The fourth-order valence-corrected chi connectivity index (χ4v) is 2.12. The fourth-order valence-electron chi connectivity index (χ4n) is 2.12. The molecule has 1 aliphatic heterocycles. The third-order valence-corrected chi connectivity index (χ3v) is 3.07. The van der Waals surface area contributed by atoms with Gasteiger partial charge in [-0.1, -0.05) is 0 Å². The zero-order valence-corrected chi connectivity index (χ0v) is 9.60. The molecule has 0 atom stereocenters. The molecule has 0 aliphatic carbocycles. The lowest BCUT2D eigenvalue weighted by atomic mass is 10.1. The molecule has 1 aromatic carbocycles. The number of anilines is 1. The predicted octanol–water partition coefficient (Wildman–Crippen LogP) is 1.75. The molecule has 0 saturated carbocycles. The van der Waals surface area contributed by atoms with Gasteiger partial charge < -0.3 is 14.6 Å². The number of nitrogens with one attached hydrogen (secondary N) is 1. The van der Waals surface area contributed by atoms with Crippen LogP contribution in [-0.4, -0.2) is 31.2 Å². The maximum atomic E-state index is 5.27. The molecule has 0 spiro atoms. The lowest BCUT2D eigenvalue weighted by Crippen LogP contribution is -2.43. The van der Waals surface area contributed by atoms with Crippen molar-refractivity contribution in [2.24, 2.45) is 0 Å². The Labute approximate surface area is 100 Å². The molecule has 4 nitrogen and oxygen atoms in total. The highest BCUT2D eigenvalue weighted by Crippen LogP contribution is 2.22. The number of oxazole rings is 1. The predicted molar refractivity (Wildman–Crippen MR) is 67.0 cm³/mol. The van der Waals surface area contributed by atoms with Crippen molar-refractivity contribution >= 4 is 5.69 Å². The van der Waals surface area contributed by atoms with Crippen molar-refractivity contribution in [3.05, 3.63) is 36.9 Å². The molecule has 17 heavy (non-hydrogen) atoms. The zero-order valence-electron chi connectivity index (χ0n) is 9.60. The first-order chi connectivity index (χ1) is 8.43. The van der Waals surface area contributed by atoms with Gasteiger partial charge in [-0.3, -0.25) is 0 Å². The van der Waals surface area contributed by atoms with Crippen molar-refractivity contribution in [2.45, 2.75) is 0 Å². The highest BCUT2D eigenvalue weighted by molar-refractivity contribution is 5.61. The van der Waals surface area contributed by atoms with Crippen molar-refractivity contribution in [2.75, 3.05) is 31.1 Å². The molecule has 1 aromatic heterocycles. The summed E-state index contributed by atoms with van der Waals surface area (Å²) in [5, 5.41) is 3.35. The number of nitrogens with zero attached hydrogens (tertiary/aromatic N) is 2. The highest BCUT2D eigenvalue weighted by Gasteiger charge is 2.10. The topological polar surface area (TPSA) is 41.3 Å². The Morgan fingerprint density at radius 2 is 1.88 bits per heavy atom. The third kappa shape index (κ3) is 2.17. The summed E-state index contributed by atoms with van der Waals surface area (Å²) in [6, 6.07) is 8.45. The zero-order chi connectivity index (χ0) is 11.5. The molecule has 1 aliphatic rings. The average Bonchev–Trinajstić information content (AvgIpc) is 2.94. The number of hydrogen-bond acceptors (Lipinski definition) is 4. The first-order valence-electron chi connectivity index (χ1n) is 5.88. The van der Waals surface area contributed by atoms with Crippen LogP contribution in [0.2, 0.25) is 0 Å². The molecular weight excluding hydrogens is 214 g/mol. The SMILES string of the molecule is c1ncc(-c2ccc(N3CCNCC3)cc2)o1. The summed E-state index contributed by atoms with van der Waals surface area (Å²) in [4.78, 5) is 6.32. The van der Waals surface area contributed by atoms with Crippen LogP contribution in [0.3, 0.4) is 0 Å². The van der Waals surface area contributed by atoms with Crippen molar-refractivity contribution in [3.8, 4) is 11.3 Å². The second-order valence-corrected chi connectivity index (χ2v) is 4.15. The van der Waals surface area contributed by atoms with Crippen LogP contribution in [0, 0.1) is 0 Å². The molecule has 0 unspecified atom stereocenters. The van der Waals surface area contributed by atoms with E-state index >= 15 is 0 Å². The largest absolute Gasteiger partial charge is 0.444 e. The Hall–Kier alpha value is -1.81. The molecule has 0 bridgehead atoms. The Kier molecular flexibility index (Phi) is 2.80. The van der Waals surface area contributed by atoms with Crippen LogP contribution in [-0.2, 0) is 0 Å². The number of aromatic nitrogens is 1. The summed E-state index contributed by atoms with van der Waals surface area (Å²) >= 11 is 0. The van der Waals surface area contributed by atoms with Crippen LogP contribution in [0.15, 0.2) is 41.3 Å². The number of benzene rings is 1. The van der Waals surface area contributed by atoms with E-state index in [9.17, 15) is 0 Å². The van der Waals surface area contributed by atoms with E-state index < -0.39 is 0 Å². The summed E-state index contributed by atoms with van der Waals surface area (Å²) in [5.41, 5.74) is 2.34. The minimum atomic E-state index is 0.817. The van der Waals surface area contributed by atoms with Crippen molar-refractivity contribution in [3.63, 3.8) is 0 Å². The Morgan fingerprint density at radius 3 is 2.53 bits per heavy atom. The minimum Gasteiger partial charge on any atom is -0.444 e. The molecule has 2 heterocycles. The second-order valence-electron chi connectivity index (χ2n) is 4.15. The van der Waals surface area contributed by atoms with E-state index in [2.05, 4.69) is 39.5 Å². The van der Waals surface area contributed by atoms with Gasteiger partial charge in [0, 0.05) is 37.4 Å². The van der Waals surface area contributed by atoms with Crippen molar-refractivity contribution < 1.29 is 4.42 Å². The first kappa shape index (κ1) is 10.4. The van der Waals surface area contributed by atoms with Gasteiger partial charge >= 0.3 is 0 Å². The molecule has 4 heteroatoms. The Balaban J connectivity index is 1.80. The summed E-state index contributed by atoms with van der Waals surface area (Å²) in [6.45, 7) is 4.26. The van der Waals surface area contributed by atoms with Crippen LogP contribution < -0.4 is 10.2 Å². The van der Waals surface area contributed by atoms with E-state index in [1.807, 2.05) is 0 Å². The van der Waals surface area contributed by atoms with Gasteiger partial charge in [-0.2, -0.15) is 0 Å². The monoisotopic (exact) mass is 229 g/mol. The quantitative estimate of drug-likeness (QED) is 0.851. The van der Waals surface area contributed by atoms with E-state index in [1.165, 1.54) is 12.1 Å². The molecular formula is C13H15N3O. The lowest BCUT2D eigenvalue weighted by molar-refractivity contribution is 0.572. The van der Waals surface area contributed by atoms with E-state index in [-0.39, 0.29) is 0 Å². The molecule has 88 valence electrons. The van der Waals surface area contributed by atoms with Gasteiger partial charge in [0.2, 0.25) is 0 Å². The fraction of sp³-hybridized carbons (Fsp3) is 0.308. The normalized spacial score (nSPS) is 16.1. The van der Waals surface area contributed by atoms with Crippen LogP contribution in [0.25, 0.3) is 11.3 Å². The third-order valence-electron chi connectivity index (χ3n) is 3.07. The summed E-state index contributed by atoms with van der Waals surface area (Å²) in [6.07, 6.45) is 3.19. The Morgan fingerprint density at radius 1 is 1.12 bits per heavy atom. The van der Waals surface area contributed by atoms with Gasteiger partial charge in [0.15, 0.2) is 12.2 Å². The maximum absolute atomic E-state index is 5.27. The van der Waals surface area contributed by atoms with Gasteiger partial charge in [0.25, 0.3) is 0 Å². The maximum Gasteiger partial charge on any atom is 0.181 e. The van der Waals surface area contributed by atoms with E-state index in [0.29, 0.717) is 0 Å². The van der Waals surface area contributed by atoms with E-state index in [4.69, 9.17) is 4.42 Å². The van der Waals surface area contributed by atoms with Gasteiger partial charge in [0.1, 0.15) is 0 Å². The molecule has 0 amide bonds. The standard InChI is InChI=1S/C13H15N3O/c1-3-12(16-7-5-14-6-8-16)4-2-11(1)13-9-15-10-17-13/h1-4,9-10,14H,5-8H2. The van der Waals surface area contributed by atoms with E-state index in [0.717, 1.165) is 37.5 Å². The van der Waals surface area contributed by atoms with E-state index in [1.54, 1.807) is 6.20 Å². The Bertz CT molecular complexity index is 458. The van der Waals surface area contributed by atoms with Crippen LogP contribution in [0.5, 0.6) is 0 Å². The average molecular weight is 229 g/mol.